The molecule has 0 unspecified atom stereocenters. The van der Waals surface area contributed by atoms with Crippen LogP contribution in [0.25, 0.3) is 0 Å². The number of rotatable bonds is 5. The minimum absolute atomic E-state index is 0.262. The van der Waals surface area contributed by atoms with Crippen LogP contribution in [-0.4, -0.2) is 60.1 Å². The highest BCUT2D eigenvalue weighted by Crippen LogP contribution is 2.40. The lowest BCUT2D eigenvalue weighted by molar-refractivity contribution is -0.139. The summed E-state index contributed by atoms with van der Waals surface area (Å²) in [5.74, 6) is -0.0589. The van der Waals surface area contributed by atoms with Gasteiger partial charge in [-0.1, -0.05) is 18.2 Å². The Labute approximate surface area is 148 Å². The Morgan fingerprint density at radius 1 is 1.24 bits per heavy atom. The van der Waals surface area contributed by atoms with Crippen LogP contribution in [0.3, 0.4) is 0 Å². The maximum absolute atomic E-state index is 11.7. The maximum atomic E-state index is 11.7. The van der Waals surface area contributed by atoms with Gasteiger partial charge in [0, 0.05) is 32.1 Å². The van der Waals surface area contributed by atoms with Crippen molar-refractivity contribution in [2.45, 2.75) is 32.2 Å². The van der Waals surface area contributed by atoms with Crippen molar-refractivity contribution in [3.05, 3.63) is 29.8 Å². The van der Waals surface area contributed by atoms with Gasteiger partial charge in [0.05, 0.1) is 0 Å². The number of carbonyl (C=O) groups excluding carboxylic acids is 1. The number of carboxylic acids is 1. The molecule has 1 N–H and O–H groups in total. The van der Waals surface area contributed by atoms with E-state index < -0.39 is 5.97 Å². The van der Waals surface area contributed by atoms with E-state index in [0.29, 0.717) is 12.2 Å². The summed E-state index contributed by atoms with van der Waals surface area (Å²) >= 11 is 0. The highest BCUT2D eigenvalue weighted by molar-refractivity contribution is 5.76. The van der Waals surface area contributed by atoms with Crippen LogP contribution in [0.4, 0.5) is 0 Å². The van der Waals surface area contributed by atoms with E-state index in [0.717, 1.165) is 51.0 Å². The van der Waals surface area contributed by atoms with E-state index in [4.69, 9.17) is 9.84 Å². The van der Waals surface area contributed by atoms with Crippen LogP contribution in [0, 0.1) is 5.41 Å². The summed E-state index contributed by atoms with van der Waals surface area (Å²) in [4.78, 5) is 26.7. The standard InChI is InChI=1S/C19H26N2O4/c1-20-14-19(7-6-17(20)22)8-10-21(11-9-19)12-15-4-2-3-5-16(15)25-13-18(23)24/h2-5H,6-14H2,1H3,(H,23,24). The van der Waals surface area contributed by atoms with Crippen molar-refractivity contribution < 1.29 is 19.4 Å². The van der Waals surface area contributed by atoms with Crippen LogP contribution < -0.4 is 4.74 Å². The molecule has 0 aliphatic carbocycles. The Morgan fingerprint density at radius 2 is 1.96 bits per heavy atom. The molecular weight excluding hydrogens is 320 g/mol. The van der Waals surface area contributed by atoms with Gasteiger partial charge in [-0.15, -0.1) is 0 Å². The molecular formula is C19H26N2O4. The van der Waals surface area contributed by atoms with Crippen molar-refractivity contribution >= 4 is 11.9 Å². The van der Waals surface area contributed by atoms with Crippen LogP contribution >= 0.6 is 0 Å². The van der Waals surface area contributed by atoms with Crippen molar-refractivity contribution in [1.29, 1.82) is 0 Å². The van der Waals surface area contributed by atoms with Gasteiger partial charge >= 0.3 is 5.97 Å². The van der Waals surface area contributed by atoms with Gasteiger partial charge in [0.1, 0.15) is 5.75 Å². The molecule has 0 aromatic heterocycles. The first-order chi connectivity index (χ1) is 12.0. The number of amides is 1. The molecule has 1 spiro atoms. The Balaban J connectivity index is 1.58. The highest BCUT2D eigenvalue weighted by Gasteiger charge is 2.39. The van der Waals surface area contributed by atoms with Crippen molar-refractivity contribution in [3.8, 4) is 5.75 Å². The molecule has 1 aromatic carbocycles. The lowest BCUT2D eigenvalue weighted by Crippen LogP contribution is -2.50. The topological polar surface area (TPSA) is 70.1 Å². The number of piperidine rings is 2. The minimum atomic E-state index is -0.967. The first-order valence-electron chi connectivity index (χ1n) is 8.86. The zero-order valence-corrected chi connectivity index (χ0v) is 14.7. The number of ether oxygens (including phenoxy) is 1. The number of nitrogens with zero attached hydrogens (tertiary/aromatic N) is 2. The zero-order chi connectivity index (χ0) is 17.9. The quantitative estimate of drug-likeness (QED) is 0.883. The molecule has 2 aliphatic heterocycles. The Morgan fingerprint density at radius 3 is 2.64 bits per heavy atom. The number of hydrogen-bond acceptors (Lipinski definition) is 4. The first kappa shape index (κ1) is 17.7. The number of para-hydroxylation sites is 1. The third-order valence-corrected chi connectivity index (χ3v) is 5.50. The molecule has 25 heavy (non-hydrogen) atoms. The van der Waals surface area contributed by atoms with E-state index in [9.17, 15) is 9.59 Å². The van der Waals surface area contributed by atoms with E-state index in [1.54, 1.807) is 0 Å². The molecule has 2 heterocycles. The summed E-state index contributed by atoms with van der Waals surface area (Å²) in [6.07, 6.45) is 3.87. The largest absolute Gasteiger partial charge is 0.482 e. The fourth-order valence-corrected chi connectivity index (χ4v) is 3.98. The fraction of sp³-hybridized carbons (Fsp3) is 0.579. The van der Waals surface area contributed by atoms with E-state index in [1.165, 1.54) is 0 Å². The van der Waals surface area contributed by atoms with Gasteiger partial charge in [0.25, 0.3) is 0 Å². The average molecular weight is 346 g/mol. The Kier molecular flexibility index (Phi) is 5.27. The van der Waals surface area contributed by atoms with Crippen LogP contribution in [-0.2, 0) is 16.1 Å². The molecule has 0 saturated carbocycles. The summed E-state index contributed by atoms with van der Waals surface area (Å²) in [5.41, 5.74) is 1.30. The SMILES string of the molecule is CN1CC2(CCC1=O)CCN(Cc1ccccc1OCC(=O)O)CC2. The van der Waals surface area contributed by atoms with Crippen molar-refractivity contribution in [2.75, 3.05) is 33.3 Å². The smallest absolute Gasteiger partial charge is 0.341 e. The summed E-state index contributed by atoms with van der Waals surface area (Å²) < 4.78 is 5.41. The lowest BCUT2D eigenvalue weighted by atomic mass is 9.72. The van der Waals surface area contributed by atoms with Gasteiger partial charge in [-0.2, -0.15) is 0 Å². The van der Waals surface area contributed by atoms with Gasteiger partial charge in [-0.05, 0) is 43.8 Å². The molecule has 6 nitrogen and oxygen atoms in total. The second-order valence-corrected chi connectivity index (χ2v) is 7.32. The molecule has 1 amide bonds. The molecule has 6 heteroatoms. The number of carbonyl (C=O) groups is 2. The third kappa shape index (κ3) is 4.31. The predicted octanol–water partition coefficient (Wildman–Crippen LogP) is 1.98. The van der Waals surface area contributed by atoms with E-state index >= 15 is 0 Å². The van der Waals surface area contributed by atoms with Crippen LogP contribution in [0.2, 0.25) is 0 Å². The number of likely N-dealkylation sites (tertiary alicyclic amines) is 2. The molecule has 2 aliphatic rings. The maximum Gasteiger partial charge on any atom is 0.341 e. The molecule has 0 radical (unpaired) electrons. The number of carboxylic acid groups (broad SMARTS) is 1. The fourth-order valence-electron chi connectivity index (χ4n) is 3.98. The predicted molar refractivity (Wildman–Crippen MR) is 93.4 cm³/mol. The third-order valence-electron chi connectivity index (χ3n) is 5.50. The van der Waals surface area contributed by atoms with Crippen LogP contribution in [0.1, 0.15) is 31.2 Å². The monoisotopic (exact) mass is 346 g/mol. The van der Waals surface area contributed by atoms with Gasteiger partial charge in [-0.3, -0.25) is 9.69 Å². The van der Waals surface area contributed by atoms with Gasteiger partial charge < -0.3 is 14.7 Å². The number of benzene rings is 1. The Hall–Kier alpha value is -2.08. The highest BCUT2D eigenvalue weighted by atomic mass is 16.5. The summed E-state index contributed by atoms with van der Waals surface area (Å²) in [6, 6.07) is 7.64. The van der Waals surface area contributed by atoms with E-state index in [-0.39, 0.29) is 17.9 Å². The summed E-state index contributed by atoms with van der Waals surface area (Å²) in [5, 5.41) is 8.80. The zero-order valence-electron chi connectivity index (χ0n) is 14.7. The van der Waals surface area contributed by atoms with Gasteiger partial charge in [0.15, 0.2) is 6.61 Å². The van der Waals surface area contributed by atoms with Gasteiger partial charge in [-0.25, -0.2) is 4.79 Å². The van der Waals surface area contributed by atoms with Gasteiger partial charge in [0.2, 0.25) is 5.91 Å². The summed E-state index contributed by atoms with van der Waals surface area (Å²) in [6.45, 7) is 3.31. The average Bonchev–Trinajstić information content (AvgIpc) is 2.60. The second kappa shape index (κ2) is 7.44. The molecule has 2 fully saturated rings. The number of aliphatic carboxylic acids is 1. The van der Waals surface area contributed by atoms with Crippen molar-refractivity contribution in [1.82, 2.24) is 9.80 Å². The molecule has 0 atom stereocenters. The minimum Gasteiger partial charge on any atom is -0.482 e. The summed E-state index contributed by atoms with van der Waals surface area (Å²) in [7, 11) is 1.91. The first-order valence-corrected chi connectivity index (χ1v) is 8.86. The molecule has 2 saturated heterocycles. The molecule has 0 bridgehead atoms. The molecule has 3 rings (SSSR count). The normalized spacial score (nSPS) is 20.7. The van der Waals surface area contributed by atoms with Crippen LogP contribution in [0.5, 0.6) is 5.75 Å². The Bertz CT molecular complexity index is 638. The van der Waals surface area contributed by atoms with E-state index in [2.05, 4.69) is 4.90 Å². The van der Waals surface area contributed by atoms with Crippen LogP contribution in [0.15, 0.2) is 24.3 Å². The van der Waals surface area contributed by atoms with E-state index in [1.807, 2.05) is 36.2 Å². The second-order valence-electron chi connectivity index (χ2n) is 7.32. The molecule has 136 valence electrons. The van der Waals surface area contributed by atoms with Crippen molar-refractivity contribution in [3.63, 3.8) is 0 Å². The molecule has 1 aromatic rings. The lowest BCUT2D eigenvalue weighted by Gasteiger charge is -2.46. The van der Waals surface area contributed by atoms with Crippen molar-refractivity contribution in [2.24, 2.45) is 5.41 Å². The number of hydrogen-bond donors (Lipinski definition) is 1.